The highest BCUT2D eigenvalue weighted by Gasteiger charge is 2.33. The first kappa shape index (κ1) is 23.8. The minimum Gasteiger partial charge on any atom is -0.462 e. The third-order valence-electron chi connectivity index (χ3n) is 5.24. The number of nitrogens with zero attached hydrogens (tertiary/aromatic N) is 3. The molecule has 2 aromatic rings. The molecule has 2 heterocycles. The van der Waals surface area contributed by atoms with E-state index >= 15 is 0 Å². The summed E-state index contributed by atoms with van der Waals surface area (Å²) in [6.07, 6.45) is -0.842. The second-order valence-electron chi connectivity index (χ2n) is 7.29. The third-order valence-corrected chi connectivity index (χ3v) is 5.24. The van der Waals surface area contributed by atoms with Gasteiger partial charge in [0.15, 0.2) is 0 Å². The van der Waals surface area contributed by atoms with E-state index in [1.807, 2.05) is 0 Å². The number of alkyl halides is 5. The van der Waals surface area contributed by atoms with E-state index in [9.17, 15) is 26.7 Å². The van der Waals surface area contributed by atoms with Crippen LogP contribution in [0.25, 0.3) is 0 Å². The summed E-state index contributed by atoms with van der Waals surface area (Å²) in [6, 6.07) is 4.44. The molecule has 1 unspecified atom stereocenters. The summed E-state index contributed by atoms with van der Waals surface area (Å²) in [5, 5.41) is 0. The van der Waals surface area contributed by atoms with Crippen LogP contribution in [0.15, 0.2) is 36.7 Å². The number of hydrogen-bond donors (Lipinski definition) is 0. The van der Waals surface area contributed by atoms with Gasteiger partial charge in [-0.05, 0) is 37.5 Å². The summed E-state index contributed by atoms with van der Waals surface area (Å²) < 4.78 is 73.1. The fraction of sp³-hybridized carbons (Fsp3) is 0.476. The average Bonchev–Trinajstić information content (AvgIpc) is 2.77. The zero-order valence-corrected chi connectivity index (χ0v) is 17.2. The highest BCUT2D eigenvalue weighted by molar-refractivity contribution is 5.88. The van der Waals surface area contributed by atoms with Crippen molar-refractivity contribution in [3.05, 3.63) is 53.3 Å². The SMILES string of the molecule is CCOC(=O)c1cnc(N2CC(c3ccc(C(F)(F)F)cc3)CC[C@H]2COC(F)F)nc1. The minimum atomic E-state index is -4.43. The van der Waals surface area contributed by atoms with E-state index in [0.717, 1.165) is 12.1 Å². The lowest BCUT2D eigenvalue weighted by Crippen LogP contribution is -2.46. The second kappa shape index (κ2) is 10.2. The molecule has 0 N–H and O–H groups in total. The summed E-state index contributed by atoms with van der Waals surface area (Å²) in [6.45, 7) is -1.05. The first-order valence-corrected chi connectivity index (χ1v) is 10.0. The van der Waals surface area contributed by atoms with Crippen molar-refractivity contribution in [1.29, 1.82) is 0 Å². The maximum Gasteiger partial charge on any atom is 0.416 e. The highest BCUT2D eigenvalue weighted by atomic mass is 19.4. The molecule has 0 radical (unpaired) electrons. The van der Waals surface area contributed by atoms with E-state index in [2.05, 4.69) is 14.7 Å². The molecule has 1 saturated heterocycles. The molecule has 6 nitrogen and oxygen atoms in total. The van der Waals surface area contributed by atoms with Gasteiger partial charge in [0, 0.05) is 24.9 Å². The van der Waals surface area contributed by atoms with Crippen molar-refractivity contribution in [1.82, 2.24) is 9.97 Å². The Bertz CT molecular complexity index is 891. The van der Waals surface area contributed by atoms with E-state index < -0.39 is 30.4 Å². The zero-order valence-electron chi connectivity index (χ0n) is 17.2. The number of anilines is 1. The number of carbonyl (C=O) groups is 1. The summed E-state index contributed by atoms with van der Waals surface area (Å²) in [5.74, 6) is -0.538. The minimum absolute atomic E-state index is 0.146. The lowest BCUT2D eigenvalue weighted by Gasteiger charge is -2.39. The Morgan fingerprint density at radius 1 is 1.16 bits per heavy atom. The van der Waals surface area contributed by atoms with Crippen molar-refractivity contribution in [2.24, 2.45) is 0 Å². The smallest absolute Gasteiger partial charge is 0.416 e. The Kier molecular flexibility index (Phi) is 7.60. The van der Waals surface area contributed by atoms with Gasteiger partial charge in [0.1, 0.15) is 0 Å². The molecule has 0 aliphatic carbocycles. The molecule has 0 saturated carbocycles. The van der Waals surface area contributed by atoms with Crippen LogP contribution in [0.4, 0.5) is 27.9 Å². The van der Waals surface area contributed by atoms with Crippen LogP contribution in [0.3, 0.4) is 0 Å². The monoisotopic (exact) mass is 459 g/mol. The third kappa shape index (κ3) is 5.90. The van der Waals surface area contributed by atoms with Crippen molar-refractivity contribution in [3.63, 3.8) is 0 Å². The molecule has 0 bridgehead atoms. The van der Waals surface area contributed by atoms with Crippen LogP contribution in [-0.4, -0.2) is 48.3 Å². The van der Waals surface area contributed by atoms with E-state index in [4.69, 9.17) is 4.74 Å². The normalized spacial score (nSPS) is 19.3. The van der Waals surface area contributed by atoms with Crippen LogP contribution in [-0.2, 0) is 15.7 Å². The molecule has 1 fully saturated rings. The second-order valence-corrected chi connectivity index (χ2v) is 7.29. The summed E-state index contributed by atoms with van der Waals surface area (Å²) in [5.41, 5.74) is 0.0988. The number of benzene rings is 1. The zero-order chi connectivity index (χ0) is 23.3. The molecule has 1 aliphatic heterocycles. The number of halogens is 5. The topological polar surface area (TPSA) is 64.5 Å². The molecule has 0 amide bonds. The molecule has 11 heteroatoms. The van der Waals surface area contributed by atoms with Crippen LogP contribution < -0.4 is 4.90 Å². The predicted molar refractivity (Wildman–Crippen MR) is 104 cm³/mol. The number of hydrogen-bond acceptors (Lipinski definition) is 6. The highest BCUT2D eigenvalue weighted by Crippen LogP contribution is 2.35. The number of ether oxygens (including phenoxy) is 2. The number of aromatic nitrogens is 2. The Hall–Kier alpha value is -2.82. The maximum absolute atomic E-state index is 12.9. The van der Waals surface area contributed by atoms with Crippen molar-refractivity contribution in [3.8, 4) is 0 Å². The number of esters is 1. The van der Waals surface area contributed by atoms with Crippen molar-refractivity contribution in [2.45, 2.75) is 44.5 Å². The molecule has 174 valence electrons. The molecule has 1 aliphatic rings. The Morgan fingerprint density at radius 3 is 2.38 bits per heavy atom. The Morgan fingerprint density at radius 2 is 1.81 bits per heavy atom. The van der Waals surface area contributed by atoms with Gasteiger partial charge in [0.25, 0.3) is 0 Å². The lowest BCUT2D eigenvalue weighted by molar-refractivity contribution is -0.137. The molecule has 3 rings (SSSR count). The van der Waals surface area contributed by atoms with Crippen molar-refractivity contribution < 1.29 is 36.2 Å². The largest absolute Gasteiger partial charge is 0.462 e. The molecule has 2 atom stereocenters. The quantitative estimate of drug-likeness (QED) is 0.443. The molecule has 32 heavy (non-hydrogen) atoms. The summed E-state index contributed by atoms with van der Waals surface area (Å²) >= 11 is 0. The standard InChI is InChI=1S/C21H22F5N3O3/c1-2-31-18(30)15-9-27-20(28-10-15)29-11-14(5-8-17(29)12-32-19(22)23)13-3-6-16(7-4-13)21(24,25)26/h3-4,6-7,9-10,14,17,19H,2,5,8,11-12H2,1H3/t14?,17-/m0/s1. The van der Waals surface area contributed by atoms with Gasteiger partial charge < -0.3 is 14.4 Å². The first-order valence-electron chi connectivity index (χ1n) is 10.0. The van der Waals surface area contributed by atoms with Crippen molar-refractivity contribution in [2.75, 3.05) is 24.7 Å². The Labute approximate surface area is 181 Å². The summed E-state index contributed by atoms with van der Waals surface area (Å²) in [4.78, 5) is 21.9. The summed E-state index contributed by atoms with van der Waals surface area (Å²) in [7, 11) is 0. The molecule has 1 aromatic heterocycles. The molecule has 0 spiro atoms. The van der Waals surface area contributed by atoms with Crippen LogP contribution in [0.5, 0.6) is 0 Å². The predicted octanol–water partition coefficient (Wildman–Crippen LogP) is 4.66. The van der Waals surface area contributed by atoms with Gasteiger partial charge in [-0.1, -0.05) is 12.1 Å². The molecule has 1 aromatic carbocycles. The van der Waals surface area contributed by atoms with Crippen LogP contribution >= 0.6 is 0 Å². The fourth-order valence-electron chi connectivity index (χ4n) is 3.63. The molecular weight excluding hydrogens is 437 g/mol. The fourth-order valence-corrected chi connectivity index (χ4v) is 3.63. The van der Waals surface area contributed by atoms with Crippen LogP contribution in [0.2, 0.25) is 0 Å². The van der Waals surface area contributed by atoms with Gasteiger partial charge in [0.05, 0.1) is 30.4 Å². The number of piperidine rings is 1. The number of carbonyl (C=O) groups excluding carboxylic acids is 1. The van der Waals surface area contributed by atoms with Gasteiger partial charge in [-0.2, -0.15) is 22.0 Å². The van der Waals surface area contributed by atoms with Gasteiger partial charge in [-0.15, -0.1) is 0 Å². The van der Waals surface area contributed by atoms with Crippen LogP contribution in [0, 0.1) is 0 Å². The first-order chi connectivity index (χ1) is 15.2. The average molecular weight is 459 g/mol. The number of rotatable bonds is 7. The van der Waals surface area contributed by atoms with E-state index in [1.54, 1.807) is 11.8 Å². The van der Waals surface area contributed by atoms with Gasteiger partial charge >= 0.3 is 18.8 Å². The van der Waals surface area contributed by atoms with Gasteiger partial charge in [-0.25, -0.2) is 14.8 Å². The van der Waals surface area contributed by atoms with Gasteiger partial charge in [0.2, 0.25) is 5.95 Å². The van der Waals surface area contributed by atoms with Crippen molar-refractivity contribution >= 4 is 11.9 Å². The lowest BCUT2D eigenvalue weighted by atomic mass is 9.87. The van der Waals surface area contributed by atoms with E-state index in [-0.39, 0.29) is 30.6 Å². The maximum atomic E-state index is 12.9. The molecular formula is C21H22F5N3O3. The van der Waals surface area contributed by atoms with Crippen LogP contribution in [0.1, 0.15) is 47.2 Å². The van der Waals surface area contributed by atoms with E-state index in [0.29, 0.717) is 24.9 Å². The van der Waals surface area contributed by atoms with Gasteiger partial charge in [-0.3, -0.25) is 0 Å². The van der Waals surface area contributed by atoms with E-state index in [1.165, 1.54) is 24.5 Å². The Balaban J connectivity index is 1.81.